The average Bonchev–Trinajstić information content (AvgIpc) is 2.52. The van der Waals surface area contributed by atoms with Crippen molar-refractivity contribution < 1.29 is 9.90 Å². The Bertz CT molecular complexity index is 665. The molecule has 1 N–H and O–H groups in total. The van der Waals surface area contributed by atoms with E-state index >= 15 is 0 Å². The Hall–Kier alpha value is -2.36. The van der Waals surface area contributed by atoms with Crippen molar-refractivity contribution in [1.82, 2.24) is 4.57 Å². The summed E-state index contributed by atoms with van der Waals surface area (Å²) < 4.78 is 1.98. The third-order valence-electron chi connectivity index (χ3n) is 2.87. The molecule has 1 aromatic heterocycles. The second kappa shape index (κ2) is 3.59. The lowest BCUT2D eigenvalue weighted by molar-refractivity contribution is 0.0699. The third-order valence-corrected chi connectivity index (χ3v) is 2.87. The first-order chi connectivity index (χ1) is 8.27. The van der Waals surface area contributed by atoms with Gasteiger partial charge in [-0.2, -0.15) is 0 Å². The molecule has 0 fully saturated rings. The van der Waals surface area contributed by atoms with Gasteiger partial charge in [0.1, 0.15) is 0 Å². The topological polar surface area (TPSA) is 54.6 Å². The molecule has 0 spiro atoms. The summed E-state index contributed by atoms with van der Waals surface area (Å²) in [6.07, 6.45) is 5.50. The van der Waals surface area contributed by atoms with E-state index < -0.39 is 5.97 Å². The highest BCUT2D eigenvalue weighted by Gasteiger charge is 2.14. The summed E-state index contributed by atoms with van der Waals surface area (Å²) in [5.74, 6) is -0.899. The number of carbonyl (C=O) groups is 1. The normalized spacial score (nSPS) is 13.6. The largest absolute Gasteiger partial charge is 0.478 e. The molecule has 2 aromatic rings. The lowest BCUT2D eigenvalue weighted by Gasteiger charge is -2.01. The molecule has 0 saturated heterocycles. The minimum Gasteiger partial charge on any atom is -0.478 e. The van der Waals surface area contributed by atoms with Gasteiger partial charge in [0.2, 0.25) is 0 Å². The zero-order valence-electron chi connectivity index (χ0n) is 9.00. The van der Waals surface area contributed by atoms with Crippen LogP contribution >= 0.6 is 0 Å². The fourth-order valence-corrected chi connectivity index (χ4v) is 2.12. The fraction of sp³-hybridized carbons (Fsp3) is 0.0769. The molecule has 0 amide bonds. The van der Waals surface area contributed by atoms with Gasteiger partial charge in [-0.15, -0.1) is 0 Å². The smallest absolute Gasteiger partial charge is 0.336 e. The fourth-order valence-electron chi connectivity index (χ4n) is 2.12. The molecule has 1 aliphatic rings. The van der Waals surface area contributed by atoms with Crippen molar-refractivity contribution in [2.24, 2.45) is 4.99 Å². The first-order valence-electron chi connectivity index (χ1n) is 5.30. The van der Waals surface area contributed by atoms with Gasteiger partial charge < -0.3 is 9.67 Å². The molecule has 4 heteroatoms. The van der Waals surface area contributed by atoms with Crippen LogP contribution in [0.4, 0.5) is 0 Å². The second-order valence-corrected chi connectivity index (χ2v) is 3.88. The third kappa shape index (κ3) is 1.45. The van der Waals surface area contributed by atoms with E-state index in [1.54, 1.807) is 18.3 Å². The molecule has 84 valence electrons. The maximum Gasteiger partial charge on any atom is 0.336 e. The number of fused-ring (bicyclic) bond motifs is 3. The zero-order valence-corrected chi connectivity index (χ0v) is 9.00. The summed E-state index contributed by atoms with van der Waals surface area (Å²) in [5, 5.41) is 9.90. The quantitative estimate of drug-likeness (QED) is 0.811. The number of aromatic carboxylic acids is 1. The monoisotopic (exact) mass is 226 g/mol. The van der Waals surface area contributed by atoms with Gasteiger partial charge in [-0.05, 0) is 24.3 Å². The highest BCUT2D eigenvalue weighted by atomic mass is 16.4. The van der Waals surface area contributed by atoms with Crippen molar-refractivity contribution in [2.75, 3.05) is 0 Å². The first-order valence-corrected chi connectivity index (χ1v) is 5.30. The Morgan fingerprint density at radius 1 is 1.41 bits per heavy atom. The van der Waals surface area contributed by atoms with Crippen molar-refractivity contribution in [3.63, 3.8) is 0 Å². The molecule has 0 atom stereocenters. The van der Waals surface area contributed by atoms with E-state index in [2.05, 4.69) is 4.99 Å². The van der Waals surface area contributed by atoms with Crippen LogP contribution in [0.15, 0.2) is 35.3 Å². The van der Waals surface area contributed by atoms with E-state index in [1.165, 1.54) is 0 Å². The van der Waals surface area contributed by atoms with Crippen LogP contribution in [0.25, 0.3) is 17.1 Å². The molecule has 0 unspecified atom stereocenters. The number of hydrogen-bond donors (Lipinski definition) is 1. The van der Waals surface area contributed by atoms with Crippen LogP contribution in [0.1, 0.15) is 16.1 Å². The average molecular weight is 226 g/mol. The molecule has 1 aliphatic heterocycles. The lowest BCUT2D eigenvalue weighted by atomic mass is 10.1. The predicted molar refractivity (Wildman–Crippen MR) is 66.4 cm³/mol. The molecule has 0 radical (unpaired) electrons. The Morgan fingerprint density at radius 3 is 3.12 bits per heavy atom. The van der Waals surface area contributed by atoms with Crippen LogP contribution in [0.5, 0.6) is 0 Å². The number of aliphatic imine (C=N–C) groups is 1. The number of hydrogen-bond acceptors (Lipinski definition) is 2. The molecular formula is C13H10N2O2. The van der Waals surface area contributed by atoms with Gasteiger partial charge in [-0.3, -0.25) is 4.99 Å². The molecule has 3 rings (SSSR count). The number of benzene rings is 1. The first kappa shape index (κ1) is 9.84. The maximum atomic E-state index is 11.1. The van der Waals surface area contributed by atoms with Gasteiger partial charge in [-0.1, -0.05) is 6.07 Å². The van der Waals surface area contributed by atoms with Gasteiger partial charge in [0.25, 0.3) is 0 Å². The Kier molecular flexibility index (Phi) is 2.08. The van der Waals surface area contributed by atoms with E-state index in [4.69, 9.17) is 5.11 Å². The van der Waals surface area contributed by atoms with Crippen molar-refractivity contribution in [3.8, 4) is 0 Å². The van der Waals surface area contributed by atoms with Gasteiger partial charge in [-0.25, -0.2) is 4.79 Å². The summed E-state index contributed by atoms with van der Waals surface area (Å²) in [7, 11) is 0. The van der Waals surface area contributed by atoms with Crippen LogP contribution in [-0.2, 0) is 6.54 Å². The lowest BCUT2D eigenvalue weighted by Crippen LogP contribution is -1.96. The Balaban J connectivity index is 2.36. The number of carboxylic acids is 1. The summed E-state index contributed by atoms with van der Waals surface area (Å²) in [4.78, 5) is 15.3. The second-order valence-electron chi connectivity index (χ2n) is 3.88. The van der Waals surface area contributed by atoms with Crippen LogP contribution in [0.2, 0.25) is 0 Å². The van der Waals surface area contributed by atoms with Crippen LogP contribution in [0.3, 0.4) is 0 Å². The summed E-state index contributed by atoms with van der Waals surface area (Å²) >= 11 is 0. The molecule has 17 heavy (non-hydrogen) atoms. The van der Waals surface area contributed by atoms with Crippen LogP contribution in [0, 0.1) is 0 Å². The molecule has 2 heterocycles. The number of rotatable bonds is 1. The van der Waals surface area contributed by atoms with Gasteiger partial charge >= 0.3 is 5.97 Å². The van der Waals surface area contributed by atoms with Crippen LogP contribution in [-0.4, -0.2) is 21.9 Å². The van der Waals surface area contributed by atoms with E-state index in [0.717, 1.165) is 16.6 Å². The standard InChI is InChI=1S/C13H10N2O2/c16-13(17)10-3-1-4-12-11(10)7-9-8-14-5-2-6-15(9)12/h1-7H,8H2,(H,16,17). The summed E-state index contributed by atoms with van der Waals surface area (Å²) in [6.45, 7) is 0.570. The number of aromatic nitrogens is 1. The Morgan fingerprint density at radius 2 is 2.29 bits per heavy atom. The van der Waals surface area contributed by atoms with Crippen molar-refractivity contribution >= 4 is 29.3 Å². The molecule has 1 aromatic carbocycles. The predicted octanol–water partition coefficient (Wildman–Crippen LogP) is 2.39. The zero-order chi connectivity index (χ0) is 11.8. The highest BCUT2D eigenvalue weighted by molar-refractivity contribution is 6.04. The number of carboxylic acid groups (broad SMARTS) is 1. The maximum absolute atomic E-state index is 11.1. The van der Waals surface area contributed by atoms with Crippen molar-refractivity contribution in [1.29, 1.82) is 0 Å². The summed E-state index contributed by atoms with van der Waals surface area (Å²) in [6, 6.07) is 7.20. The van der Waals surface area contributed by atoms with Crippen molar-refractivity contribution in [3.05, 3.63) is 41.6 Å². The number of nitrogens with zero attached hydrogens (tertiary/aromatic N) is 2. The molecular weight excluding hydrogens is 216 g/mol. The SMILES string of the molecule is O=C(O)c1cccc2c1cc1n2C=CC=NC1. The minimum absolute atomic E-state index is 0.334. The van der Waals surface area contributed by atoms with Gasteiger partial charge in [0, 0.05) is 23.5 Å². The van der Waals surface area contributed by atoms with E-state index in [1.807, 2.05) is 29.0 Å². The van der Waals surface area contributed by atoms with Gasteiger partial charge in [0.05, 0.1) is 17.6 Å². The van der Waals surface area contributed by atoms with E-state index in [9.17, 15) is 4.79 Å². The van der Waals surface area contributed by atoms with E-state index in [0.29, 0.717) is 12.1 Å². The Labute approximate surface area is 97.5 Å². The number of allylic oxidation sites excluding steroid dienone is 1. The van der Waals surface area contributed by atoms with Gasteiger partial charge in [0.15, 0.2) is 0 Å². The van der Waals surface area contributed by atoms with Crippen LogP contribution < -0.4 is 0 Å². The molecule has 4 nitrogen and oxygen atoms in total. The van der Waals surface area contributed by atoms with E-state index in [-0.39, 0.29) is 0 Å². The molecule has 0 aliphatic carbocycles. The molecule has 0 bridgehead atoms. The highest BCUT2D eigenvalue weighted by Crippen LogP contribution is 2.25. The summed E-state index contributed by atoms with van der Waals surface area (Å²) in [5.41, 5.74) is 2.24. The minimum atomic E-state index is -0.899. The molecule has 0 saturated carbocycles. The van der Waals surface area contributed by atoms with Crippen molar-refractivity contribution in [2.45, 2.75) is 6.54 Å².